The highest BCUT2D eigenvalue weighted by molar-refractivity contribution is 5.94. The first-order valence-corrected chi connectivity index (χ1v) is 9.50. The number of carbonyl (C=O) groups is 2. The fraction of sp³-hybridized carbons (Fsp3) is 0.381. The van der Waals surface area contributed by atoms with Crippen molar-refractivity contribution in [1.29, 1.82) is 0 Å². The van der Waals surface area contributed by atoms with Crippen molar-refractivity contribution < 1.29 is 9.59 Å². The molecular weight excluding hydrogens is 356 g/mol. The first-order valence-electron chi connectivity index (χ1n) is 9.50. The molecule has 2 aromatic rings. The predicted molar refractivity (Wildman–Crippen MR) is 109 cm³/mol. The number of amides is 3. The lowest BCUT2D eigenvalue weighted by Gasteiger charge is -2.32. The maximum Gasteiger partial charge on any atom is 0.319 e. The summed E-state index contributed by atoms with van der Waals surface area (Å²) in [6.45, 7) is 3.71. The third-order valence-corrected chi connectivity index (χ3v) is 5.08. The number of benzene rings is 1. The molecule has 1 saturated heterocycles. The number of hydrogen-bond donors (Lipinski definition) is 2. The van der Waals surface area contributed by atoms with E-state index in [1.54, 1.807) is 30.3 Å². The summed E-state index contributed by atoms with van der Waals surface area (Å²) in [4.78, 5) is 38.5. The summed E-state index contributed by atoms with van der Waals surface area (Å²) in [6.07, 6.45) is 3.23. The van der Waals surface area contributed by atoms with Crippen LogP contribution in [-0.2, 0) is 7.05 Å². The van der Waals surface area contributed by atoms with Crippen LogP contribution < -0.4 is 16.2 Å². The minimum atomic E-state index is -0.274. The molecule has 3 amide bonds. The first kappa shape index (κ1) is 19.7. The quantitative estimate of drug-likeness (QED) is 0.852. The summed E-state index contributed by atoms with van der Waals surface area (Å²) in [7, 11) is 1.64. The Hall–Kier alpha value is -3.09. The lowest BCUT2D eigenvalue weighted by molar-refractivity contribution is 0.0688. The number of nitrogens with zero attached hydrogens (tertiary/aromatic N) is 2. The van der Waals surface area contributed by atoms with E-state index in [0.717, 1.165) is 24.1 Å². The van der Waals surface area contributed by atoms with Crippen molar-refractivity contribution in [3.05, 3.63) is 64.1 Å². The van der Waals surface area contributed by atoms with Crippen LogP contribution in [0.25, 0.3) is 0 Å². The highest BCUT2D eigenvalue weighted by Crippen LogP contribution is 2.18. The van der Waals surface area contributed by atoms with E-state index in [9.17, 15) is 14.4 Å². The molecule has 2 N–H and O–H groups in total. The molecular formula is C21H26N4O3. The summed E-state index contributed by atoms with van der Waals surface area (Å²) >= 11 is 0. The number of urea groups is 1. The van der Waals surface area contributed by atoms with E-state index in [0.29, 0.717) is 25.6 Å². The zero-order valence-electron chi connectivity index (χ0n) is 16.3. The summed E-state index contributed by atoms with van der Waals surface area (Å²) in [5.74, 6) is 0.0933. The molecule has 0 saturated carbocycles. The van der Waals surface area contributed by atoms with Gasteiger partial charge in [0.15, 0.2) is 0 Å². The normalized spacial score (nSPS) is 14.6. The summed E-state index contributed by atoms with van der Waals surface area (Å²) in [6, 6.07) is 10.7. The first-order chi connectivity index (χ1) is 13.4. The van der Waals surface area contributed by atoms with Gasteiger partial charge in [0.25, 0.3) is 11.5 Å². The van der Waals surface area contributed by atoms with Gasteiger partial charge in [-0.1, -0.05) is 12.1 Å². The number of anilines is 1. The molecule has 0 spiro atoms. The Kier molecular flexibility index (Phi) is 6.13. The highest BCUT2D eigenvalue weighted by Gasteiger charge is 2.25. The SMILES string of the molecule is Cc1cccc(NC(=O)NCC2CCN(C(=O)c3cccn(C)c3=O)CC2)c1. The summed E-state index contributed by atoms with van der Waals surface area (Å²) < 4.78 is 1.41. The van der Waals surface area contributed by atoms with Gasteiger partial charge in [-0.05, 0) is 55.5 Å². The Morgan fingerprint density at radius 1 is 1.14 bits per heavy atom. The van der Waals surface area contributed by atoms with Gasteiger partial charge in [-0.25, -0.2) is 4.79 Å². The van der Waals surface area contributed by atoms with Gasteiger partial charge >= 0.3 is 6.03 Å². The van der Waals surface area contributed by atoms with Gasteiger partial charge in [0.05, 0.1) is 0 Å². The van der Waals surface area contributed by atoms with Crippen LogP contribution in [-0.4, -0.2) is 41.0 Å². The number of nitrogens with one attached hydrogen (secondary N) is 2. The third-order valence-electron chi connectivity index (χ3n) is 5.08. The predicted octanol–water partition coefficient (Wildman–Crippen LogP) is 2.37. The van der Waals surface area contributed by atoms with Gasteiger partial charge in [-0.15, -0.1) is 0 Å². The maximum absolute atomic E-state index is 12.6. The van der Waals surface area contributed by atoms with E-state index in [1.165, 1.54) is 4.57 Å². The van der Waals surface area contributed by atoms with Crippen LogP contribution in [0.4, 0.5) is 10.5 Å². The second-order valence-electron chi connectivity index (χ2n) is 7.28. The van der Waals surface area contributed by atoms with E-state index < -0.39 is 0 Å². The van der Waals surface area contributed by atoms with Crippen molar-refractivity contribution in [2.45, 2.75) is 19.8 Å². The average molecular weight is 382 g/mol. The molecule has 148 valence electrons. The van der Waals surface area contributed by atoms with Gasteiger partial charge in [-0.3, -0.25) is 9.59 Å². The highest BCUT2D eigenvalue weighted by atomic mass is 16.2. The number of hydrogen-bond acceptors (Lipinski definition) is 3. The smallest absolute Gasteiger partial charge is 0.319 e. The van der Waals surface area contributed by atoms with Gasteiger partial charge < -0.3 is 20.1 Å². The Balaban J connectivity index is 1.46. The lowest BCUT2D eigenvalue weighted by atomic mass is 9.96. The second-order valence-corrected chi connectivity index (χ2v) is 7.28. The van der Waals surface area contributed by atoms with Crippen molar-refractivity contribution in [3.63, 3.8) is 0 Å². The van der Waals surface area contributed by atoms with Crippen LogP contribution in [0.3, 0.4) is 0 Å². The Morgan fingerprint density at radius 3 is 2.61 bits per heavy atom. The molecule has 28 heavy (non-hydrogen) atoms. The molecule has 1 fully saturated rings. The fourth-order valence-electron chi connectivity index (χ4n) is 3.41. The second kappa shape index (κ2) is 8.73. The van der Waals surface area contributed by atoms with Crippen LogP contribution >= 0.6 is 0 Å². The average Bonchev–Trinajstić information content (AvgIpc) is 2.68. The van der Waals surface area contributed by atoms with E-state index in [-0.39, 0.29) is 23.1 Å². The fourth-order valence-corrected chi connectivity index (χ4v) is 3.41. The molecule has 1 aliphatic rings. The van der Waals surface area contributed by atoms with Gasteiger partial charge in [0.1, 0.15) is 5.56 Å². The molecule has 0 bridgehead atoms. The minimum absolute atomic E-state index is 0.208. The Labute approximate surface area is 164 Å². The number of likely N-dealkylation sites (tertiary alicyclic amines) is 1. The van der Waals surface area contributed by atoms with Crippen LogP contribution in [0.1, 0.15) is 28.8 Å². The van der Waals surface area contributed by atoms with Crippen molar-refractivity contribution in [1.82, 2.24) is 14.8 Å². The molecule has 0 radical (unpaired) electrons. The molecule has 3 rings (SSSR count). The lowest BCUT2D eigenvalue weighted by Crippen LogP contribution is -2.43. The van der Waals surface area contributed by atoms with Crippen LogP contribution in [0, 0.1) is 12.8 Å². The maximum atomic E-state index is 12.6. The molecule has 7 nitrogen and oxygen atoms in total. The zero-order valence-corrected chi connectivity index (χ0v) is 16.3. The monoisotopic (exact) mass is 382 g/mol. The van der Waals surface area contributed by atoms with Crippen LogP contribution in [0.2, 0.25) is 0 Å². The van der Waals surface area contributed by atoms with E-state index in [4.69, 9.17) is 0 Å². The number of rotatable bonds is 4. The minimum Gasteiger partial charge on any atom is -0.338 e. The van der Waals surface area contributed by atoms with E-state index in [1.807, 2.05) is 31.2 Å². The van der Waals surface area contributed by atoms with Gasteiger partial charge in [-0.2, -0.15) is 0 Å². The molecule has 1 aromatic heterocycles. The zero-order chi connectivity index (χ0) is 20.1. The molecule has 1 aliphatic heterocycles. The summed E-state index contributed by atoms with van der Waals surface area (Å²) in [5.41, 5.74) is 1.79. The molecule has 1 aromatic carbocycles. The van der Waals surface area contributed by atoms with Crippen molar-refractivity contribution in [3.8, 4) is 0 Å². The van der Waals surface area contributed by atoms with Crippen LogP contribution in [0.5, 0.6) is 0 Å². The van der Waals surface area contributed by atoms with Crippen molar-refractivity contribution in [2.24, 2.45) is 13.0 Å². The standard InChI is InChI=1S/C21H26N4O3/c1-15-5-3-6-17(13-15)23-21(28)22-14-16-8-11-25(12-9-16)20(27)18-7-4-10-24(2)19(18)26/h3-7,10,13,16H,8-9,11-12,14H2,1-2H3,(H2,22,23,28). The van der Waals surface area contributed by atoms with Crippen LogP contribution in [0.15, 0.2) is 47.4 Å². The molecule has 0 atom stereocenters. The Bertz CT molecular complexity index is 914. The number of aryl methyl sites for hydroxylation is 2. The largest absolute Gasteiger partial charge is 0.338 e. The summed E-state index contributed by atoms with van der Waals surface area (Å²) in [5, 5.41) is 5.74. The number of aromatic nitrogens is 1. The number of carbonyl (C=O) groups excluding carboxylic acids is 2. The van der Waals surface area contributed by atoms with E-state index in [2.05, 4.69) is 10.6 Å². The molecule has 2 heterocycles. The van der Waals surface area contributed by atoms with E-state index >= 15 is 0 Å². The molecule has 0 unspecified atom stereocenters. The number of piperidine rings is 1. The topological polar surface area (TPSA) is 83.4 Å². The third kappa shape index (κ3) is 4.79. The van der Waals surface area contributed by atoms with Crippen molar-refractivity contribution in [2.75, 3.05) is 25.0 Å². The Morgan fingerprint density at radius 2 is 1.89 bits per heavy atom. The molecule has 7 heteroatoms. The number of pyridine rings is 1. The molecule has 0 aliphatic carbocycles. The van der Waals surface area contributed by atoms with Gasteiger partial charge in [0, 0.05) is 38.6 Å². The van der Waals surface area contributed by atoms with Gasteiger partial charge in [0.2, 0.25) is 0 Å². The van der Waals surface area contributed by atoms with Crippen molar-refractivity contribution >= 4 is 17.6 Å².